The monoisotopic (exact) mass is 234 g/mol. The predicted molar refractivity (Wildman–Crippen MR) is 67.3 cm³/mol. The van der Waals surface area contributed by atoms with E-state index >= 15 is 0 Å². The van der Waals surface area contributed by atoms with E-state index in [0.29, 0.717) is 19.1 Å². The molecule has 1 aromatic carbocycles. The van der Waals surface area contributed by atoms with Gasteiger partial charge in [-0.2, -0.15) is 0 Å². The Morgan fingerprint density at radius 2 is 2.12 bits per heavy atom. The van der Waals surface area contributed by atoms with Crippen molar-refractivity contribution >= 4 is 11.8 Å². The third-order valence-electron chi connectivity index (χ3n) is 2.94. The summed E-state index contributed by atoms with van der Waals surface area (Å²) < 4.78 is 5.19. The number of cyclic esters (lactones) is 1. The molecule has 1 aliphatic rings. The summed E-state index contributed by atoms with van der Waals surface area (Å²) in [5.41, 5.74) is 2.09. The van der Waals surface area contributed by atoms with Crippen molar-refractivity contribution in [3.63, 3.8) is 0 Å². The normalized spacial score (nSPS) is 20.2. The molecule has 0 bridgehead atoms. The van der Waals surface area contributed by atoms with Crippen LogP contribution in [0.1, 0.15) is 5.56 Å². The van der Waals surface area contributed by atoms with Gasteiger partial charge in [-0.15, -0.1) is 0 Å². The predicted octanol–water partition coefficient (Wildman–Crippen LogP) is 1.79. The van der Waals surface area contributed by atoms with E-state index in [1.165, 1.54) is 5.56 Å². The average molecular weight is 234 g/mol. The lowest BCUT2D eigenvalue weighted by molar-refractivity contribution is 0.115. The van der Waals surface area contributed by atoms with Crippen LogP contribution in [0.15, 0.2) is 24.3 Å². The minimum Gasteiger partial charge on any atom is -0.449 e. The summed E-state index contributed by atoms with van der Waals surface area (Å²) in [7, 11) is 1.91. The van der Waals surface area contributed by atoms with Crippen molar-refractivity contribution in [2.45, 2.75) is 6.92 Å². The first-order chi connectivity index (χ1) is 8.20. The molecular formula is C13H18N2O2. The molecule has 2 rings (SSSR count). The Hall–Kier alpha value is -1.55. The number of anilines is 1. The number of aryl methyl sites for hydroxylation is 1. The zero-order valence-corrected chi connectivity index (χ0v) is 10.3. The van der Waals surface area contributed by atoms with E-state index in [1.54, 1.807) is 4.90 Å². The minimum atomic E-state index is -0.249. The molecule has 0 aromatic heterocycles. The second-order valence-electron chi connectivity index (χ2n) is 4.45. The van der Waals surface area contributed by atoms with Crippen molar-refractivity contribution in [2.24, 2.45) is 5.92 Å². The molecule has 1 N–H and O–H groups in total. The number of amides is 1. The molecule has 1 amide bonds. The van der Waals surface area contributed by atoms with Gasteiger partial charge in [-0.05, 0) is 26.1 Å². The van der Waals surface area contributed by atoms with E-state index in [0.717, 1.165) is 12.2 Å². The molecular weight excluding hydrogens is 216 g/mol. The molecule has 1 heterocycles. The van der Waals surface area contributed by atoms with Crippen molar-refractivity contribution in [2.75, 3.05) is 31.6 Å². The smallest absolute Gasteiger partial charge is 0.414 e. The van der Waals surface area contributed by atoms with E-state index in [4.69, 9.17) is 4.74 Å². The standard InChI is InChI=1S/C13H18N2O2/c1-10-3-5-12(6-4-10)15-8-11(7-14-2)9-17-13(15)16/h3-6,11,14H,7-9H2,1-2H3. The van der Waals surface area contributed by atoms with Crippen LogP contribution in [0.25, 0.3) is 0 Å². The molecule has 4 nitrogen and oxygen atoms in total. The molecule has 1 atom stereocenters. The van der Waals surface area contributed by atoms with Gasteiger partial charge >= 0.3 is 6.09 Å². The Kier molecular flexibility index (Phi) is 3.64. The van der Waals surface area contributed by atoms with E-state index < -0.39 is 0 Å². The molecule has 17 heavy (non-hydrogen) atoms. The first-order valence-electron chi connectivity index (χ1n) is 5.86. The van der Waals surface area contributed by atoms with Gasteiger partial charge in [0, 0.05) is 24.7 Å². The first kappa shape index (κ1) is 11.9. The van der Waals surface area contributed by atoms with E-state index in [9.17, 15) is 4.79 Å². The number of carbonyl (C=O) groups excluding carboxylic acids is 1. The number of benzene rings is 1. The number of hydrogen-bond donors (Lipinski definition) is 1. The van der Waals surface area contributed by atoms with Crippen molar-refractivity contribution in [3.8, 4) is 0 Å². The SMILES string of the molecule is CNCC1COC(=O)N(c2ccc(C)cc2)C1. The maximum Gasteiger partial charge on any atom is 0.414 e. The van der Waals surface area contributed by atoms with Crippen LogP contribution in [-0.4, -0.2) is 32.8 Å². The Balaban J connectivity index is 2.12. The maximum absolute atomic E-state index is 11.7. The van der Waals surface area contributed by atoms with Crippen LogP contribution in [0.4, 0.5) is 10.5 Å². The van der Waals surface area contributed by atoms with Gasteiger partial charge in [0.25, 0.3) is 0 Å². The molecule has 4 heteroatoms. The first-order valence-corrected chi connectivity index (χ1v) is 5.86. The highest BCUT2D eigenvalue weighted by atomic mass is 16.6. The third-order valence-corrected chi connectivity index (χ3v) is 2.94. The van der Waals surface area contributed by atoms with Crippen LogP contribution in [0.3, 0.4) is 0 Å². The number of carbonyl (C=O) groups is 1. The lowest BCUT2D eigenvalue weighted by atomic mass is 10.1. The van der Waals surface area contributed by atoms with Gasteiger partial charge in [-0.3, -0.25) is 4.90 Å². The molecule has 1 unspecified atom stereocenters. The van der Waals surface area contributed by atoms with E-state index in [2.05, 4.69) is 5.32 Å². The van der Waals surface area contributed by atoms with Crippen LogP contribution in [0, 0.1) is 12.8 Å². The summed E-state index contributed by atoms with van der Waals surface area (Å²) in [4.78, 5) is 13.4. The van der Waals surface area contributed by atoms with Crippen LogP contribution < -0.4 is 10.2 Å². The van der Waals surface area contributed by atoms with Gasteiger partial charge < -0.3 is 10.1 Å². The highest BCUT2D eigenvalue weighted by Crippen LogP contribution is 2.21. The Bertz CT molecular complexity index is 389. The zero-order chi connectivity index (χ0) is 12.3. The summed E-state index contributed by atoms with van der Waals surface area (Å²) in [5.74, 6) is 0.346. The largest absolute Gasteiger partial charge is 0.449 e. The highest BCUT2D eigenvalue weighted by Gasteiger charge is 2.27. The van der Waals surface area contributed by atoms with Crippen LogP contribution in [0.2, 0.25) is 0 Å². The molecule has 0 aliphatic carbocycles. The number of nitrogens with one attached hydrogen (secondary N) is 1. The molecule has 0 spiro atoms. The molecule has 0 radical (unpaired) electrons. The summed E-state index contributed by atoms with van der Waals surface area (Å²) in [6, 6.07) is 7.92. The van der Waals surface area contributed by atoms with E-state index in [-0.39, 0.29) is 6.09 Å². The Labute approximate surface area is 102 Å². The van der Waals surface area contributed by atoms with Gasteiger partial charge in [0.2, 0.25) is 0 Å². The van der Waals surface area contributed by atoms with E-state index in [1.807, 2.05) is 38.2 Å². The van der Waals surface area contributed by atoms with Gasteiger partial charge in [-0.25, -0.2) is 4.79 Å². The van der Waals surface area contributed by atoms with Crippen molar-refractivity contribution in [1.29, 1.82) is 0 Å². The quantitative estimate of drug-likeness (QED) is 0.867. The highest BCUT2D eigenvalue weighted by molar-refractivity contribution is 5.88. The van der Waals surface area contributed by atoms with Gasteiger partial charge in [0.15, 0.2) is 0 Å². The fourth-order valence-corrected chi connectivity index (χ4v) is 2.00. The Morgan fingerprint density at radius 1 is 1.41 bits per heavy atom. The second-order valence-corrected chi connectivity index (χ2v) is 4.45. The molecule has 92 valence electrons. The van der Waals surface area contributed by atoms with Crippen LogP contribution in [0.5, 0.6) is 0 Å². The fraction of sp³-hybridized carbons (Fsp3) is 0.462. The number of rotatable bonds is 3. The summed E-state index contributed by atoms with van der Waals surface area (Å²) in [6.45, 7) is 4.10. The summed E-state index contributed by atoms with van der Waals surface area (Å²) in [6.07, 6.45) is -0.249. The lowest BCUT2D eigenvalue weighted by Crippen LogP contribution is -2.46. The Morgan fingerprint density at radius 3 is 2.76 bits per heavy atom. The fourth-order valence-electron chi connectivity index (χ4n) is 2.00. The molecule has 0 saturated carbocycles. The number of nitrogens with zero attached hydrogens (tertiary/aromatic N) is 1. The number of ether oxygens (including phenoxy) is 1. The molecule has 1 aliphatic heterocycles. The lowest BCUT2D eigenvalue weighted by Gasteiger charge is -2.32. The maximum atomic E-state index is 11.7. The zero-order valence-electron chi connectivity index (χ0n) is 10.3. The molecule has 1 saturated heterocycles. The van der Waals surface area contributed by atoms with Gasteiger partial charge in [0.05, 0.1) is 6.61 Å². The molecule has 1 aromatic rings. The summed E-state index contributed by atoms with van der Waals surface area (Å²) in [5, 5.41) is 3.12. The minimum absolute atomic E-state index is 0.249. The molecule has 1 fully saturated rings. The summed E-state index contributed by atoms with van der Waals surface area (Å²) >= 11 is 0. The second kappa shape index (κ2) is 5.19. The van der Waals surface area contributed by atoms with Crippen molar-refractivity contribution in [1.82, 2.24) is 5.32 Å². The van der Waals surface area contributed by atoms with Crippen LogP contribution >= 0.6 is 0 Å². The van der Waals surface area contributed by atoms with Gasteiger partial charge in [0.1, 0.15) is 0 Å². The topological polar surface area (TPSA) is 41.6 Å². The average Bonchev–Trinajstić information content (AvgIpc) is 2.33. The van der Waals surface area contributed by atoms with Crippen molar-refractivity contribution < 1.29 is 9.53 Å². The van der Waals surface area contributed by atoms with Crippen molar-refractivity contribution in [3.05, 3.63) is 29.8 Å². The van der Waals surface area contributed by atoms with Crippen LogP contribution in [-0.2, 0) is 4.74 Å². The third kappa shape index (κ3) is 2.77. The number of hydrogen-bond acceptors (Lipinski definition) is 3. The van der Waals surface area contributed by atoms with Gasteiger partial charge in [-0.1, -0.05) is 17.7 Å².